The third kappa shape index (κ3) is 8.48. The predicted molar refractivity (Wildman–Crippen MR) is 168 cm³/mol. The first-order chi connectivity index (χ1) is 21.1. The summed E-state index contributed by atoms with van der Waals surface area (Å²) in [6.07, 6.45) is -4.74. The Morgan fingerprint density at radius 2 is 1.31 bits per heavy atom. The molecule has 0 spiro atoms. The summed E-state index contributed by atoms with van der Waals surface area (Å²) in [6.45, 7) is 15.1. The summed E-state index contributed by atoms with van der Waals surface area (Å²) < 4.78 is 35.1. The van der Waals surface area contributed by atoms with Gasteiger partial charge in [0, 0.05) is 15.7 Å². The largest absolute Gasteiger partial charge is 0.448 e. The summed E-state index contributed by atoms with van der Waals surface area (Å²) >= 11 is 17.4. The van der Waals surface area contributed by atoms with Gasteiger partial charge in [-0.1, -0.05) is 93.5 Å². The molecule has 1 N–H and O–H groups in total. The fourth-order valence-electron chi connectivity index (χ4n) is 6.38. The summed E-state index contributed by atoms with van der Waals surface area (Å²) in [5.41, 5.74) is 18.6. The number of azide groups is 2. The van der Waals surface area contributed by atoms with E-state index in [1.54, 1.807) is 6.92 Å². The van der Waals surface area contributed by atoms with Crippen LogP contribution in [0.4, 0.5) is 0 Å². The number of ether oxygens (including phenoxy) is 6. The molecule has 14 nitrogen and oxygen atoms in total. The average molecular weight is 697 g/mol. The number of hydrogen-bond donors (Lipinski definition) is 1. The number of nitrogens with one attached hydrogen (secondary N) is 1. The van der Waals surface area contributed by atoms with Gasteiger partial charge in [0.05, 0.1) is 30.5 Å². The molecule has 45 heavy (non-hydrogen) atoms. The highest BCUT2D eigenvalue weighted by Gasteiger charge is 2.52. The number of carbonyl (C=O) groups is 1. The Morgan fingerprint density at radius 3 is 1.82 bits per heavy atom. The Kier molecular flexibility index (Phi) is 13.5. The van der Waals surface area contributed by atoms with Crippen molar-refractivity contribution in [1.29, 1.82) is 5.41 Å². The van der Waals surface area contributed by atoms with E-state index < -0.39 is 71.0 Å². The van der Waals surface area contributed by atoms with Crippen LogP contribution in [0.15, 0.2) is 10.2 Å². The van der Waals surface area contributed by atoms with Crippen LogP contribution >= 0.6 is 34.8 Å². The molecular weight excluding hydrogens is 653 g/mol. The van der Waals surface area contributed by atoms with Gasteiger partial charge in [-0.25, -0.2) is 0 Å². The predicted octanol–water partition coefficient (Wildman–Crippen LogP) is 7.24. The zero-order chi connectivity index (χ0) is 33.8. The van der Waals surface area contributed by atoms with Crippen LogP contribution in [0, 0.1) is 35.0 Å². The quantitative estimate of drug-likeness (QED) is 0.0620. The molecule has 0 bridgehead atoms. The molecule has 0 amide bonds. The van der Waals surface area contributed by atoms with Crippen molar-refractivity contribution in [1.82, 2.24) is 0 Å². The lowest BCUT2D eigenvalue weighted by Crippen LogP contribution is -2.60. The number of alkyl halides is 3. The van der Waals surface area contributed by atoms with Crippen LogP contribution in [0.25, 0.3) is 20.9 Å². The molecular formula is C28H44Cl3N7O7. The SMILES string of the molecule is CCC1O[C@H](OC(=N)C(Cl)(Cl)Cl)C(N=[N+]=[N-])[C@@H](C)[C@@H]1O[C@@H]1O[C@@H](C(C)=O)[C@@H](O[C@H]2O[C@@H](CC)[C@@H](C)[C@H](C)C2N=[N+]=[N-])[C@H](C)C1C. The maximum absolute atomic E-state index is 13.0. The number of carbonyl (C=O) groups excluding carboxylic acids is 1. The molecule has 15 atom stereocenters. The van der Waals surface area contributed by atoms with Crippen molar-refractivity contribution in [3.63, 3.8) is 0 Å². The smallest absolute Gasteiger partial charge is 0.265 e. The van der Waals surface area contributed by atoms with E-state index in [2.05, 4.69) is 27.0 Å². The molecule has 0 aliphatic carbocycles. The van der Waals surface area contributed by atoms with Gasteiger partial charge in [0.1, 0.15) is 12.1 Å². The molecule has 3 rings (SSSR count). The van der Waals surface area contributed by atoms with Gasteiger partial charge < -0.3 is 28.4 Å². The number of rotatable bonds is 10. The van der Waals surface area contributed by atoms with Gasteiger partial charge in [0.2, 0.25) is 12.2 Å². The van der Waals surface area contributed by atoms with Crippen LogP contribution in [0.3, 0.4) is 0 Å². The zero-order valence-electron chi connectivity index (χ0n) is 26.7. The molecule has 3 saturated heterocycles. The minimum absolute atomic E-state index is 0.0113. The standard InChI is InChI=1S/C28H44Cl3N7O7/c1-9-17-11(3)12(4)19(35-37-33)25(40-17)43-22-13(5)14(6)24(44-23(22)16(8)39)42-21-15(7)20(36-38-34)26(41-18(21)10-2)45-27(32)28(29,30)31/h11-15,17-26,32H,9-10H2,1-8H3/t11-,12-,13+,14?,15+,17-,18?,19?,20?,21-,22-,23-,24+,25+,26+/m0/s1. The van der Waals surface area contributed by atoms with Crippen molar-refractivity contribution in [2.45, 2.75) is 133 Å². The third-order valence-electron chi connectivity index (χ3n) is 9.56. The van der Waals surface area contributed by atoms with Crippen molar-refractivity contribution in [3.8, 4) is 0 Å². The molecule has 3 fully saturated rings. The Morgan fingerprint density at radius 1 is 0.778 bits per heavy atom. The number of halogens is 3. The summed E-state index contributed by atoms with van der Waals surface area (Å²) in [5, 5.41) is 15.8. The molecule has 0 aromatic rings. The normalized spacial score (nSPS) is 42.2. The Labute approximate surface area is 278 Å². The number of hydrogen-bond acceptors (Lipinski definition) is 10. The highest BCUT2D eigenvalue weighted by atomic mass is 35.6. The summed E-state index contributed by atoms with van der Waals surface area (Å²) in [7, 11) is 0. The first-order valence-corrected chi connectivity index (χ1v) is 16.4. The lowest BCUT2D eigenvalue weighted by Gasteiger charge is -2.50. The van der Waals surface area contributed by atoms with Crippen molar-refractivity contribution >= 4 is 46.5 Å². The van der Waals surface area contributed by atoms with E-state index in [0.29, 0.717) is 6.42 Å². The van der Waals surface area contributed by atoms with Crippen molar-refractivity contribution < 1.29 is 33.2 Å². The van der Waals surface area contributed by atoms with Gasteiger partial charge in [-0.15, -0.1) is 0 Å². The third-order valence-corrected chi connectivity index (χ3v) is 10.1. The van der Waals surface area contributed by atoms with E-state index in [9.17, 15) is 15.9 Å². The Balaban J connectivity index is 1.84. The number of nitrogens with zero attached hydrogens (tertiary/aromatic N) is 6. The van der Waals surface area contributed by atoms with Gasteiger partial charge in [-0.05, 0) is 54.5 Å². The van der Waals surface area contributed by atoms with Gasteiger partial charge in [-0.3, -0.25) is 10.2 Å². The molecule has 3 aliphatic rings. The van der Waals surface area contributed by atoms with Crippen LogP contribution in [0.2, 0.25) is 0 Å². The van der Waals surface area contributed by atoms with Crippen LogP contribution in [0.1, 0.15) is 68.2 Å². The van der Waals surface area contributed by atoms with Crippen LogP contribution in [-0.2, 0) is 33.2 Å². The molecule has 0 aromatic heterocycles. The highest BCUT2D eigenvalue weighted by molar-refractivity contribution is 6.76. The van der Waals surface area contributed by atoms with E-state index in [1.807, 2.05) is 34.6 Å². The minimum Gasteiger partial charge on any atom is -0.448 e. The van der Waals surface area contributed by atoms with Crippen molar-refractivity contribution in [3.05, 3.63) is 20.9 Å². The summed E-state index contributed by atoms with van der Waals surface area (Å²) in [6, 6.07) is -1.53. The molecule has 0 aromatic carbocycles. The second kappa shape index (κ2) is 16.0. The summed E-state index contributed by atoms with van der Waals surface area (Å²) in [4.78, 5) is 19.0. The van der Waals surface area contributed by atoms with Gasteiger partial charge in [-0.2, -0.15) is 0 Å². The van der Waals surface area contributed by atoms with Crippen LogP contribution in [0.5, 0.6) is 0 Å². The maximum atomic E-state index is 13.0. The van der Waals surface area contributed by atoms with E-state index >= 15 is 0 Å². The van der Waals surface area contributed by atoms with E-state index in [0.717, 1.165) is 6.42 Å². The van der Waals surface area contributed by atoms with E-state index in [4.69, 9.17) is 68.6 Å². The van der Waals surface area contributed by atoms with Gasteiger partial charge >= 0.3 is 0 Å². The van der Waals surface area contributed by atoms with Crippen molar-refractivity contribution in [2.75, 3.05) is 0 Å². The lowest BCUT2D eigenvalue weighted by atomic mass is 9.80. The van der Waals surface area contributed by atoms with Gasteiger partial charge in [0.25, 0.3) is 3.79 Å². The molecule has 0 saturated carbocycles. The molecule has 4 unspecified atom stereocenters. The lowest BCUT2D eigenvalue weighted by molar-refractivity contribution is -0.332. The molecule has 17 heteroatoms. The summed E-state index contributed by atoms with van der Waals surface area (Å²) in [5.74, 6) is -1.83. The second-order valence-corrected chi connectivity index (χ2v) is 14.6. The first-order valence-electron chi connectivity index (χ1n) is 15.3. The minimum atomic E-state index is -2.14. The van der Waals surface area contributed by atoms with E-state index in [-0.39, 0.29) is 35.6 Å². The average Bonchev–Trinajstić information content (AvgIpc) is 2.98. The Hall–Kier alpha value is -1.57. The molecule has 3 heterocycles. The molecule has 0 radical (unpaired) electrons. The van der Waals surface area contributed by atoms with Gasteiger partial charge in [0.15, 0.2) is 18.4 Å². The first kappa shape index (κ1) is 37.9. The van der Waals surface area contributed by atoms with E-state index in [1.165, 1.54) is 6.92 Å². The van der Waals surface area contributed by atoms with Crippen molar-refractivity contribution in [2.24, 2.45) is 39.8 Å². The second-order valence-electron chi connectivity index (χ2n) is 12.3. The number of Topliss-reactive ketones (excluding diaryl/α,β-unsaturated/α-hetero) is 1. The molecule has 254 valence electrons. The maximum Gasteiger partial charge on any atom is 0.265 e. The Bertz CT molecular complexity index is 1150. The topological polar surface area (TPSA) is 194 Å². The fraction of sp³-hybridized carbons (Fsp3) is 0.929. The fourth-order valence-corrected chi connectivity index (χ4v) is 6.52. The monoisotopic (exact) mass is 695 g/mol. The van der Waals surface area contributed by atoms with Crippen LogP contribution in [-0.4, -0.2) is 76.9 Å². The molecule has 3 aliphatic heterocycles. The number of ketones is 1. The van der Waals surface area contributed by atoms with Crippen LogP contribution < -0.4 is 0 Å². The zero-order valence-corrected chi connectivity index (χ0v) is 29.0. The highest BCUT2D eigenvalue weighted by Crippen LogP contribution is 2.42.